The molecule has 8 nitrogen and oxygen atoms in total. The van der Waals surface area contributed by atoms with Crippen molar-refractivity contribution in [3.63, 3.8) is 0 Å². The van der Waals surface area contributed by atoms with Crippen LogP contribution in [0.25, 0.3) is 12.2 Å². The number of aryl methyl sites for hydroxylation is 2. The first-order valence-corrected chi connectivity index (χ1v) is 13.3. The minimum absolute atomic E-state index is 0.468. The van der Waals surface area contributed by atoms with Crippen LogP contribution in [0.5, 0.6) is 0 Å². The van der Waals surface area contributed by atoms with Gasteiger partial charge in [-0.3, -0.25) is 0 Å². The van der Waals surface area contributed by atoms with Crippen LogP contribution in [0.1, 0.15) is 72.4 Å². The summed E-state index contributed by atoms with van der Waals surface area (Å²) in [6, 6.07) is 16.4. The number of nitrogen functional groups attached to an aromatic ring is 2. The molecule has 2 aromatic carbocycles. The fraction of sp³-hybridized carbons (Fsp3) is 0.333. The second-order valence-corrected chi connectivity index (χ2v) is 9.60. The minimum atomic E-state index is 0.468. The van der Waals surface area contributed by atoms with Gasteiger partial charge in [0.2, 0.25) is 11.9 Å². The molecule has 0 amide bonds. The highest BCUT2D eigenvalue weighted by Gasteiger charge is 2.09. The Bertz CT molecular complexity index is 1210. The molecule has 38 heavy (non-hydrogen) atoms. The van der Waals surface area contributed by atoms with Crippen LogP contribution in [0.3, 0.4) is 0 Å². The second-order valence-electron chi connectivity index (χ2n) is 9.60. The third-order valence-electron chi connectivity index (χ3n) is 6.63. The smallest absolute Gasteiger partial charge is 0.219 e. The molecule has 0 unspecified atom stereocenters. The zero-order chi connectivity index (χ0) is 26.7. The predicted molar refractivity (Wildman–Crippen MR) is 155 cm³/mol. The van der Waals surface area contributed by atoms with E-state index < -0.39 is 0 Å². The van der Waals surface area contributed by atoms with Gasteiger partial charge in [-0.25, -0.2) is 9.36 Å². The quantitative estimate of drug-likeness (QED) is 0.203. The summed E-state index contributed by atoms with van der Waals surface area (Å²) in [4.78, 5) is 8.90. The Morgan fingerprint density at radius 3 is 1.32 bits per heavy atom. The molecule has 0 radical (unpaired) electrons. The standard InChI is InChI=1S/C30H38N8/c1-3-23-13-17-25(18-14-23)21-37-29(31)33-27(35-37)11-9-7-5-6-8-10-12-28-34-30(32)38(36-28)22-26-19-15-24(4-2)16-20-26/h3-4,13-20H,1-2,5-12,21-22H2,(H2,31,33,35)(H2,32,34,36). The number of anilines is 2. The molecule has 2 heterocycles. The van der Waals surface area contributed by atoms with E-state index in [4.69, 9.17) is 11.5 Å². The summed E-state index contributed by atoms with van der Waals surface area (Å²) in [7, 11) is 0. The van der Waals surface area contributed by atoms with Gasteiger partial charge in [-0.1, -0.05) is 99.5 Å². The van der Waals surface area contributed by atoms with Gasteiger partial charge in [0.1, 0.15) is 0 Å². The van der Waals surface area contributed by atoms with Gasteiger partial charge in [-0.15, -0.1) is 0 Å². The number of hydrogen-bond donors (Lipinski definition) is 2. The molecule has 0 bridgehead atoms. The summed E-state index contributed by atoms with van der Waals surface area (Å²) in [5.41, 5.74) is 16.7. The average Bonchev–Trinajstić information content (AvgIpc) is 3.46. The van der Waals surface area contributed by atoms with Crippen molar-refractivity contribution in [1.82, 2.24) is 29.5 Å². The molecule has 2 aromatic heterocycles. The normalized spacial score (nSPS) is 11.1. The zero-order valence-corrected chi connectivity index (χ0v) is 22.1. The lowest BCUT2D eigenvalue weighted by molar-refractivity contribution is 0.578. The highest BCUT2D eigenvalue weighted by Crippen LogP contribution is 2.14. The van der Waals surface area contributed by atoms with Crippen LogP contribution < -0.4 is 11.5 Å². The maximum atomic E-state index is 6.09. The lowest BCUT2D eigenvalue weighted by atomic mass is 10.1. The van der Waals surface area contributed by atoms with Gasteiger partial charge < -0.3 is 11.5 Å². The Labute approximate surface area is 225 Å². The predicted octanol–water partition coefficient (Wildman–Crippen LogP) is 5.54. The van der Waals surface area contributed by atoms with Crippen molar-refractivity contribution in [2.75, 3.05) is 11.5 Å². The summed E-state index contributed by atoms with van der Waals surface area (Å²) in [5.74, 6) is 2.58. The molecule has 4 rings (SSSR count). The lowest BCUT2D eigenvalue weighted by Crippen LogP contribution is -2.06. The molecule has 0 fully saturated rings. The third kappa shape index (κ3) is 7.65. The van der Waals surface area contributed by atoms with E-state index in [0.717, 1.165) is 72.4 Å². The van der Waals surface area contributed by atoms with Gasteiger partial charge in [0.05, 0.1) is 13.1 Å². The SMILES string of the molecule is C=Cc1ccc(Cn2nc(CCCCCCCCc3nc(N)n(Cc4ccc(C=C)cc4)n3)nc2N)cc1. The summed E-state index contributed by atoms with van der Waals surface area (Å²) in [6.07, 6.45) is 12.2. The van der Waals surface area contributed by atoms with Crippen LogP contribution >= 0.6 is 0 Å². The van der Waals surface area contributed by atoms with Crippen molar-refractivity contribution in [3.8, 4) is 0 Å². The molecule has 0 aliphatic heterocycles. The molecule has 0 aliphatic carbocycles. The van der Waals surface area contributed by atoms with E-state index in [-0.39, 0.29) is 0 Å². The Hall–Kier alpha value is -4.20. The van der Waals surface area contributed by atoms with Crippen LogP contribution in [-0.4, -0.2) is 29.5 Å². The molecule has 0 saturated heterocycles. The molecular formula is C30H38N8. The fourth-order valence-electron chi connectivity index (χ4n) is 4.39. The third-order valence-corrected chi connectivity index (χ3v) is 6.63. The number of nitrogens with two attached hydrogens (primary N) is 2. The Kier molecular flexibility index (Phi) is 9.45. The number of hydrogen-bond acceptors (Lipinski definition) is 6. The van der Waals surface area contributed by atoms with Crippen LogP contribution in [0.15, 0.2) is 61.7 Å². The van der Waals surface area contributed by atoms with E-state index in [1.54, 1.807) is 9.36 Å². The summed E-state index contributed by atoms with van der Waals surface area (Å²) in [5, 5.41) is 9.20. The number of aromatic nitrogens is 6. The number of nitrogens with zero attached hydrogens (tertiary/aromatic N) is 6. The van der Waals surface area contributed by atoms with Crippen molar-refractivity contribution in [2.45, 2.75) is 64.5 Å². The van der Waals surface area contributed by atoms with Crippen LogP contribution in [0, 0.1) is 0 Å². The van der Waals surface area contributed by atoms with Gasteiger partial charge in [-0.2, -0.15) is 20.2 Å². The first-order chi connectivity index (χ1) is 18.5. The molecule has 198 valence electrons. The fourth-order valence-corrected chi connectivity index (χ4v) is 4.39. The molecule has 0 atom stereocenters. The maximum Gasteiger partial charge on any atom is 0.219 e. The Morgan fingerprint density at radius 2 is 0.947 bits per heavy atom. The highest BCUT2D eigenvalue weighted by atomic mass is 15.4. The van der Waals surface area contributed by atoms with Crippen LogP contribution in [0.2, 0.25) is 0 Å². The number of benzene rings is 2. The van der Waals surface area contributed by atoms with E-state index in [9.17, 15) is 0 Å². The Morgan fingerprint density at radius 1 is 0.579 bits per heavy atom. The van der Waals surface area contributed by atoms with Crippen molar-refractivity contribution in [2.24, 2.45) is 0 Å². The highest BCUT2D eigenvalue weighted by molar-refractivity contribution is 5.48. The topological polar surface area (TPSA) is 113 Å². The molecule has 4 N–H and O–H groups in total. The minimum Gasteiger partial charge on any atom is -0.368 e. The van der Waals surface area contributed by atoms with Gasteiger partial charge in [0.25, 0.3) is 0 Å². The van der Waals surface area contributed by atoms with E-state index in [0.29, 0.717) is 25.0 Å². The first-order valence-electron chi connectivity index (χ1n) is 13.3. The van der Waals surface area contributed by atoms with Crippen LogP contribution in [0.4, 0.5) is 11.9 Å². The molecule has 8 heteroatoms. The molecule has 4 aromatic rings. The van der Waals surface area contributed by atoms with E-state index >= 15 is 0 Å². The molecular weight excluding hydrogens is 472 g/mol. The van der Waals surface area contributed by atoms with Crippen molar-refractivity contribution >= 4 is 24.0 Å². The van der Waals surface area contributed by atoms with Crippen molar-refractivity contribution in [3.05, 3.63) is 95.6 Å². The summed E-state index contributed by atoms with van der Waals surface area (Å²) < 4.78 is 3.55. The van der Waals surface area contributed by atoms with Gasteiger partial charge in [0, 0.05) is 12.8 Å². The maximum absolute atomic E-state index is 6.09. The lowest BCUT2D eigenvalue weighted by Gasteiger charge is -2.03. The Balaban J connectivity index is 1.10. The first kappa shape index (κ1) is 26.9. The van der Waals surface area contributed by atoms with Crippen molar-refractivity contribution in [1.29, 1.82) is 0 Å². The number of rotatable bonds is 15. The van der Waals surface area contributed by atoms with Gasteiger partial charge >= 0.3 is 0 Å². The van der Waals surface area contributed by atoms with Gasteiger partial charge in [-0.05, 0) is 35.1 Å². The van der Waals surface area contributed by atoms with Crippen LogP contribution in [-0.2, 0) is 25.9 Å². The average molecular weight is 511 g/mol. The van der Waals surface area contributed by atoms with Crippen molar-refractivity contribution < 1.29 is 0 Å². The molecule has 0 spiro atoms. The number of unbranched alkanes of at least 4 members (excludes halogenated alkanes) is 5. The molecule has 0 aliphatic rings. The summed E-state index contributed by atoms with van der Waals surface area (Å²) in [6.45, 7) is 8.83. The zero-order valence-electron chi connectivity index (χ0n) is 22.1. The monoisotopic (exact) mass is 510 g/mol. The second kappa shape index (κ2) is 13.4. The summed E-state index contributed by atoms with van der Waals surface area (Å²) >= 11 is 0. The van der Waals surface area contributed by atoms with E-state index in [1.807, 2.05) is 36.4 Å². The largest absolute Gasteiger partial charge is 0.368 e. The molecule has 0 saturated carbocycles. The van der Waals surface area contributed by atoms with E-state index in [1.165, 1.54) is 12.8 Å². The van der Waals surface area contributed by atoms with E-state index in [2.05, 4.69) is 57.6 Å². The van der Waals surface area contributed by atoms with Gasteiger partial charge in [0.15, 0.2) is 11.6 Å².